The number of guanidine groups is 1. The van der Waals surface area contributed by atoms with Crippen LogP contribution >= 0.6 is 35.3 Å². The number of nitrogens with zero attached hydrogens (tertiary/aromatic N) is 2. The molecule has 1 aromatic rings. The molecule has 0 bridgehead atoms. The Morgan fingerprint density at radius 3 is 2.95 bits per heavy atom. The lowest BCUT2D eigenvalue weighted by molar-refractivity contribution is 0.145. The van der Waals surface area contributed by atoms with Crippen molar-refractivity contribution >= 4 is 41.3 Å². The van der Waals surface area contributed by atoms with E-state index in [0.717, 1.165) is 51.3 Å². The lowest BCUT2D eigenvalue weighted by Gasteiger charge is -2.05. The predicted octanol–water partition coefficient (Wildman–Crippen LogP) is 2.33. The van der Waals surface area contributed by atoms with Crippen LogP contribution < -0.4 is 11.1 Å². The molecule has 0 amide bonds. The second kappa shape index (κ2) is 12.3. The summed E-state index contributed by atoms with van der Waals surface area (Å²) in [5, 5.41) is 6.33. The van der Waals surface area contributed by atoms with Gasteiger partial charge in [0.2, 0.25) is 0 Å². The third kappa shape index (κ3) is 9.49. The molecule has 0 atom stereocenters. The first-order valence-electron chi connectivity index (χ1n) is 6.75. The summed E-state index contributed by atoms with van der Waals surface area (Å²) < 4.78 is 5.24. The summed E-state index contributed by atoms with van der Waals surface area (Å²) in [5.41, 5.74) is 6.85. The predicted molar refractivity (Wildman–Crippen MR) is 96.2 cm³/mol. The minimum atomic E-state index is 0. The van der Waals surface area contributed by atoms with E-state index in [0.29, 0.717) is 5.96 Å². The average Bonchev–Trinajstić information content (AvgIpc) is 2.80. The van der Waals surface area contributed by atoms with Gasteiger partial charge in [-0.15, -0.1) is 35.3 Å². The fourth-order valence-corrected chi connectivity index (χ4v) is 2.36. The van der Waals surface area contributed by atoms with Crippen LogP contribution in [-0.4, -0.2) is 37.2 Å². The summed E-state index contributed by atoms with van der Waals surface area (Å²) in [4.78, 5) is 8.70. The Balaban J connectivity index is 0.00000361. The zero-order chi connectivity index (χ0) is 13.9. The smallest absolute Gasteiger partial charge is 0.188 e. The minimum absolute atomic E-state index is 0. The molecule has 0 unspecified atom stereocenters. The standard InChI is InChI=1S/C13H24N4OS.HI/c1-3-18-9-5-8-16-13(14)15-7-4-6-12-17-11(2)10-19-12;/h10H,3-9H2,1-2H3,(H3,14,15,16);1H. The monoisotopic (exact) mass is 412 g/mol. The number of halogens is 1. The first-order chi connectivity index (χ1) is 9.22. The van der Waals surface area contributed by atoms with Crippen LogP contribution in [0.5, 0.6) is 0 Å². The molecule has 0 spiro atoms. The van der Waals surface area contributed by atoms with Gasteiger partial charge in [-0.2, -0.15) is 0 Å². The molecule has 0 aliphatic heterocycles. The highest BCUT2D eigenvalue weighted by Gasteiger charge is 1.98. The fourth-order valence-electron chi connectivity index (χ4n) is 1.54. The molecule has 7 heteroatoms. The molecule has 20 heavy (non-hydrogen) atoms. The van der Waals surface area contributed by atoms with Crippen LogP contribution in [-0.2, 0) is 11.2 Å². The van der Waals surface area contributed by atoms with Gasteiger partial charge < -0.3 is 15.8 Å². The van der Waals surface area contributed by atoms with Crippen LogP contribution in [0.3, 0.4) is 0 Å². The van der Waals surface area contributed by atoms with E-state index in [1.807, 2.05) is 13.8 Å². The van der Waals surface area contributed by atoms with Gasteiger partial charge in [-0.1, -0.05) is 0 Å². The molecule has 5 nitrogen and oxygen atoms in total. The second-order valence-corrected chi connectivity index (χ2v) is 5.17. The fraction of sp³-hybridized carbons (Fsp3) is 0.692. The highest BCUT2D eigenvalue weighted by Crippen LogP contribution is 2.10. The number of ether oxygens (including phenoxy) is 1. The molecule has 1 aromatic heterocycles. The average molecular weight is 412 g/mol. The van der Waals surface area contributed by atoms with E-state index in [1.165, 1.54) is 5.01 Å². The van der Waals surface area contributed by atoms with Crippen molar-refractivity contribution in [1.29, 1.82) is 0 Å². The first-order valence-corrected chi connectivity index (χ1v) is 7.63. The third-order valence-corrected chi connectivity index (χ3v) is 3.50. The van der Waals surface area contributed by atoms with Gasteiger partial charge in [0.1, 0.15) is 0 Å². The number of aromatic nitrogens is 1. The molecule has 0 fully saturated rings. The molecule has 0 aliphatic carbocycles. The van der Waals surface area contributed by atoms with Crippen LogP contribution in [0.2, 0.25) is 0 Å². The van der Waals surface area contributed by atoms with Crippen LogP contribution in [0.15, 0.2) is 10.4 Å². The van der Waals surface area contributed by atoms with Crippen LogP contribution in [0, 0.1) is 6.92 Å². The molecule has 116 valence electrons. The van der Waals surface area contributed by atoms with Gasteiger partial charge in [-0.25, -0.2) is 4.98 Å². The molecule has 0 saturated carbocycles. The van der Waals surface area contributed by atoms with E-state index in [2.05, 4.69) is 20.7 Å². The van der Waals surface area contributed by atoms with Crippen molar-refractivity contribution in [3.63, 3.8) is 0 Å². The van der Waals surface area contributed by atoms with Gasteiger partial charge in [0.25, 0.3) is 0 Å². The van der Waals surface area contributed by atoms with Crippen molar-refractivity contribution in [3.05, 3.63) is 16.1 Å². The quantitative estimate of drug-likeness (QED) is 0.283. The number of hydrogen-bond acceptors (Lipinski definition) is 4. The Bertz CT molecular complexity index is 384. The van der Waals surface area contributed by atoms with E-state index in [9.17, 15) is 0 Å². The zero-order valence-electron chi connectivity index (χ0n) is 12.2. The highest BCUT2D eigenvalue weighted by molar-refractivity contribution is 14.0. The molecule has 0 radical (unpaired) electrons. The Morgan fingerprint density at radius 2 is 2.30 bits per heavy atom. The zero-order valence-corrected chi connectivity index (χ0v) is 15.4. The summed E-state index contributed by atoms with van der Waals surface area (Å²) in [6, 6.07) is 0. The van der Waals surface area contributed by atoms with Crippen LogP contribution in [0.4, 0.5) is 0 Å². The number of nitrogens with one attached hydrogen (secondary N) is 1. The number of aliphatic imine (C=N–C) groups is 1. The summed E-state index contributed by atoms with van der Waals surface area (Å²) >= 11 is 1.71. The Labute approximate surface area is 142 Å². The van der Waals surface area contributed by atoms with Gasteiger partial charge in [0, 0.05) is 43.8 Å². The lowest BCUT2D eigenvalue weighted by atomic mass is 10.3. The third-order valence-electron chi connectivity index (χ3n) is 2.47. The summed E-state index contributed by atoms with van der Waals surface area (Å²) in [6.07, 6.45) is 2.90. The number of nitrogens with two attached hydrogens (primary N) is 1. The molecule has 3 N–H and O–H groups in total. The van der Waals surface area contributed by atoms with Gasteiger partial charge in [0.05, 0.1) is 5.01 Å². The number of rotatable bonds is 9. The van der Waals surface area contributed by atoms with Gasteiger partial charge in [-0.3, -0.25) is 4.99 Å². The molecule has 1 heterocycles. The minimum Gasteiger partial charge on any atom is -0.382 e. The van der Waals surface area contributed by atoms with Crippen LogP contribution in [0.25, 0.3) is 0 Å². The molecular weight excluding hydrogens is 387 g/mol. The van der Waals surface area contributed by atoms with Crippen molar-refractivity contribution in [2.24, 2.45) is 10.7 Å². The maximum atomic E-state index is 5.76. The molecule has 1 rings (SSSR count). The molecule has 0 aliphatic rings. The highest BCUT2D eigenvalue weighted by atomic mass is 127. The molecule has 0 aromatic carbocycles. The number of thiazole rings is 1. The van der Waals surface area contributed by atoms with Crippen molar-refractivity contribution in [3.8, 4) is 0 Å². The lowest BCUT2D eigenvalue weighted by Crippen LogP contribution is -2.33. The van der Waals surface area contributed by atoms with Crippen LogP contribution in [0.1, 0.15) is 30.5 Å². The summed E-state index contributed by atoms with van der Waals surface area (Å²) in [5.74, 6) is 0.520. The Morgan fingerprint density at radius 1 is 1.50 bits per heavy atom. The van der Waals surface area contributed by atoms with Crippen molar-refractivity contribution in [2.75, 3.05) is 26.3 Å². The topological polar surface area (TPSA) is 72.5 Å². The van der Waals surface area contributed by atoms with E-state index in [4.69, 9.17) is 10.5 Å². The summed E-state index contributed by atoms with van der Waals surface area (Å²) in [7, 11) is 0. The van der Waals surface area contributed by atoms with Gasteiger partial charge >= 0.3 is 0 Å². The number of hydrogen-bond donors (Lipinski definition) is 2. The number of aryl methyl sites for hydroxylation is 2. The van der Waals surface area contributed by atoms with E-state index < -0.39 is 0 Å². The molecule has 0 saturated heterocycles. The van der Waals surface area contributed by atoms with Crippen molar-refractivity contribution < 1.29 is 4.74 Å². The first kappa shape index (κ1) is 19.6. The van der Waals surface area contributed by atoms with E-state index >= 15 is 0 Å². The largest absolute Gasteiger partial charge is 0.382 e. The summed E-state index contributed by atoms with van der Waals surface area (Å²) in [6.45, 7) is 7.08. The van der Waals surface area contributed by atoms with Crippen molar-refractivity contribution in [2.45, 2.75) is 33.1 Å². The Hall–Kier alpha value is -0.410. The SMILES string of the molecule is CCOCCCNC(N)=NCCCc1nc(C)cs1.I. The van der Waals surface area contributed by atoms with Crippen molar-refractivity contribution in [1.82, 2.24) is 10.3 Å². The molecular formula is C13H25IN4OS. The maximum Gasteiger partial charge on any atom is 0.188 e. The van der Waals surface area contributed by atoms with Gasteiger partial charge in [0.15, 0.2) is 5.96 Å². The Kier molecular flexibility index (Phi) is 12.1. The van der Waals surface area contributed by atoms with E-state index in [-0.39, 0.29) is 24.0 Å². The normalized spacial score (nSPS) is 11.2. The maximum absolute atomic E-state index is 5.76. The van der Waals surface area contributed by atoms with E-state index in [1.54, 1.807) is 11.3 Å². The van der Waals surface area contributed by atoms with Gasteiger partial charge in [-0.05, 0) is 26.7 Å². The second-order valence-electron chi connectivity index (χ2n) is 4.23.